The lowest BCUT2D eigenvalue weighted by Gasteiger charge is -2.18. The summed E-state index contributed by atoms with van der Waals surface area (Å²) in [5.41, 5.74) is 0.348. The minimum Gasteiger partial charge on any atom is -0.477 e. The predicted octanol–water partition coefficient (Wildman–Crippen LogP) is 3.52. The van der Waals surface area contributed by atoms with E-state index in [1.54, 1.807) is 0 Å². The third-order valence-electron chi connectivity index (χ3n) is 3.97. The Morgan fingerprint density at radius 2 is 2.24 bits per heavy atom. The zero-order valence-electron chi connectivity index (χ0n) is 14.5. The summed E-state index contributed by atoms with van der Waals surface area (Å²) in [6, 6.07) is 1.16. The molecule has 2 aromatic heterocycles. The topological polar surface area (TPSA) is 90.1 Å². The van der Waals surface area contributed by atoms with E-state index in [0.29, 0.717) is 34.9 Å². The van der Waals surface area contributed by atoms with Crippen LogP contribution in [0.2, 0.25) is 5.02 Å². The molecule has 0 saturated heterocycles. The summed E-state index contributed by atoms with van der Waals surface area (Å²) >= 11 is 6.11. The van der Waals surface area contributed by atoms with E-state index in [1.807, 2.05) is 20.8 Å². The van der Waals surface area contributed by atoms with Gasteiger partial charge < -0.3 is 14.6 Å². The first-order chi connectivity index (χ1) is 12.0. The van der Waals surface area contributed by atoms with Gasteiger partial charge in [-0.25, -0.2) is 4.98 Å². The highest BCUT2D eigenvalue weighted by atomic mass is 35.5. The molecule has 1 aliphatic rings. The number of nitrogens with one attached hydrogen (secondary N) is 1. The van der Waals surface area contributed by atoms with Gasteiger partial charge in [0.15, 0.2) is 5.82 Å². The number of hydrogen-bond acceptors (Lipinski definition) is 6. The average Bonchev–Trinajstić information content (AvgIpc) is 3.32. The van der Waals surface area contributed by atoms with Crippen LogP contribution in [-0.2, 0) is 0 Å². The first-order valence-corrected chi connectivity index (χ1v) is 8.80. The number of amides is 1. The van der Waals surface area contributed by atoms with E-state index < -0.39 is 0 Å². The minimum absolute atomic E-state index is 0.0857. The number of carbonyl (C=O) groups excluding carboxylic acids is 1. The fraction of sp³-hybridized carbons (Fsp3) is 0.529. The van der Waals surface area contributed by atoms with Crippen molar-refractivity contribution in [2.45, 2.75) is 45.6 Å². The van der Waals surface area contributed by atoms with Crippen molar-refractivity contribution in [3.05, 3.63) is 34.6 Å². The fourth-order valence-corrected chi connectivity index (χ4v) is 2.63. The van der Waals surface area contributed by atoms with Crippen LogP contribution in [0, 0.1) is 5.92 Å². The number of ether oxygens (including phenoxy) is 1. The van der Waals surface area contributed by atoms with Crippen LogP contribution in [0.25, 0.3) is 0 Å². The van der Waals surface area contributed by atoms with Crippen LogP contribution < -0.4 is 10.1 Å². The monoisotopic (exact) mass is 364 g/mol. The van der Waals surface area contributed by atoms with Crippen molar-refractivity contribution in [1.82, 2.24) is 20.4 Å². The van der Waals surface area contributed by atoms with Crippen LogP contribution >= 0.6 is 11.6 Å². The molecule has 0 radical (unpaired) electrons. The molecule has 7 nitrogen and oxygen atoms in total. The highest BCUT2D eigenvalue weighted by Crippen LogP contribution is 2.38. The molecule has 1 fully saturated rings. The third-order valence-corrected chi connectivity index (χ3v) is 4.24. The largest absolute Gasteiger partial charge is 0.477 e. The Hall–Kier alpha value is -2.15. The molecule has 0 aliphatic heterocycles. The molecule has 0 spiro atoms. The van der Waals surface area contributed by atoms with Crippen LogP contribution in [0.4, 0.5) is 0 Å². The molecule has 3 rings (SSSR count). The Morgan fingerprint density at radius 3 is 2.84 bits per heavy atom. The van der Waals surface area contributed by atoms with Gasteiger partial charge in [-0.15, -0.1) is 0 Å². The highest BCUT2D eigenvalue weighted by Gasteiger charge is 2.31. The molecule has 0 aromatic carbocycles. The standard InChI is InChI=1S/C17H21ClN4O3/c1-4-24-16-12(18)7-11(8-19-16)15(23)20-13(9(2)3)17-21-14(22-25-17)10-5-6-10/h7-10,13H,4-6H2,1-3H3,(H,20,23). The van der Waals surface area contributed by atoms with Crippen LogP contribution in [0.1, 0.15) is 67.6 Å². The summed E-state index contributed by atoms with van der Waals surface area (Å²) in [5.74, 6) is 1.64. The zero-order chi connectivity index (χ0) is 18.0. The maximum Gasteiger partial charge on any atom is 0.253 e. The quantitative estimate of drug-likeness (QED) is 0.808. The molecule has 1 aliphatic carbocycles. The Labute approximate surface area is 151 Å². The summed E-state index contributed by atoms with van der Waals surface area (Å²) < 4.78 is 10.6. The van der Waals surface area contributed by atoms with Crippen molar-refractivity contribution in [2.75, 3.05) is 6.61 Å². The number of rotatable bonds is 7. The first kappa shape index (κ1) is 17.7. The van der Waals surface area contributed by atoms with Gasteiger partial charge in [-0.1, -0.05) is 30.6 Å². The molecule has 25 heavy (non-hydrogen) atoms. The van der Waals surface area contributed by atoms with Gasteiger partial charge in [0.05, 0.1) is 12.2 Å². The minimum atomic E-state index is -0.377. The smallest absolute Gasteiger partial charge is 0.253 e. The number of hydrogen-bond donors (Lipinski definition) is 1. The summed E-state index contributed by atoms with van der Waals surface area (Å²) in [5, 5.41) is 7.24. The molecular weight excluding hydrogens is 344 g/mol. The first-order valence-electron chi connectivity index (χ1n) is 8.42. The number of carbonyl (C=O) groups is 1. The van der Waals surface area contributed by atoms with Gasteiger partial charge in [0.1, 0.15) is 11.1 Å². The van der Waals surface area contributed by atoms with Crippen LogP contribution in [-0.4, -0.2) is 27.6 Å². The lowest BCUT2D eigenvalue weighted by atomic mass is 10.0. The van der Waals surface area contributed by atoms with Crippen LogP contribution in [0.5, 0.6) is 5.88 Å². The van der Waals surface area contributed by atoms with Crippen molar-refractivity contribution < 1.29 is 14.1 Å². The number of aromatic nitrogens is 3. The second kappa shape index (κ2) is 7.39. The van der Waals surface area contributed by atoms with E-state index in [-0.39, 0.29) is 17.9 Å². The van der Waals surface area contributed by atoms with E-state index >= 15 is 0 Å². The maximum absolute atomic E-state index is 12.6. The van der Waals surface area contributed by atoms with Crippen molar-refractivity contribution >= 4 is 17.5 Å². The fourth-order valence-electron chi connectivity index (χ4n) is 2.41. The van der Waals surface area contributed by atoms with Crippen molar-refractivity contribution in [3.63, 3.8) is 0 Å². The normalized spacial score (nSPS) is 15.2. The lowest BCUT2D eigenvalue weighted by molar-refractivity contribution is 0.0913. The van der Waals surface area contributed by atoms with Crippen molar-refractivity contribution in [2.24, 2.45) is 5.92 Å². The SMILES string of the molecule is CCOc1ncc(C(=O)NC(c2nc(C3CC3)no2)C(C)C)cc1Cl. The van der Waals surface area contributed by atoms with Crippen molar-refractivity contribution in [1.29, 1.82) is 0 Å². The Bertz CT molecular complexity index is 758. The average molecular weight is 365 g/mol. The molecule has 0 bridgehead atoms. The molecule has 8 heteroatoms. The predicted molar refractivity (Wildman–Crippen MR) is 91.7 cm³/mol. The molecule has 1 amide bonds. The van der Waals surface area contributed by atoms with Gasteiger partial charge in [0.25, 0.3) is 5.91 Å². The summed E-state index contributed by atoms with van der Waals surface area (Å²) in [6.45, 7) is 6.26. The zero-order valence-corrected chi connectivity index (χ0v) is 15.2. The van der Waals surface area contributed by atoms with Gasteiger partial charge in [-0.2, -0.15) is 4.98 Å². The third kappa shape index (κ3) is 4.10. The van der Waals surface area contributed by atoms with E-state index in [2.05, 4.69) is 20.4 Å². The number of nitrogens with zero attached hydrogens (tertiary/aromatic N) is 3. The van der Waals surface area contributed by atoms with Gasteiger partial charge in [-0.05, 0) is 31.7 Å². The molecule has 134 valence electrons. The Kier molecular flexibility index (Phi) is 5.22. The maximum atomic E-state index is 12.6. The second-order valence-electron chi connectivity index (χ2n) is 6.40. The lowest BCUT2D eigenvalue weighted by Crippen LogP contribution is -2.32. The molecule has 2 heterocycles. The molecule has 1 atom stereocenters. The van der Waals surface area contributed by atoms with Gasteiger partial charge in [0.2, 0.25) is 11.8 Å². The molecule has 1 unspecified atom stereocenters. The second-order valence-corrected chi connectivity index (χ2v) is 6.81. The summed E-state index contributed by atoms with van der Waals surface area (Å²) in [4.78, 5) is 21.1. The summed E-state index contributed by atoms with van der Waals surface area (Å²) in [7, 11) is 0. The van der Waals surface area contributed by atoms with Gasteiger partial charge in [0, 0.05) is 12.1 Å². The van der Waals surface area contributed by atoms with E-state index in [0.717, 1.165) is 18.7 Å². The van der Waals surface area contributed by atoms with E-state index in [4.69, 9.17) is 20.9 Å². The number of pyridine rings is 1. The van der Waals surface area contributed by atoms with E-state index in [1.165, 1.54) is 12.3 Å². The Balaban J connectivity index is 1.75. The highest BCUT2D eigenvalue weighted by molar-refractivity contribution is 6.32. The van der Waals surface area contributed by atoms with Gasteiger partial charge >= 0.3 is 0 Å². The van der Waals surface area contributed by atoms with E-state index in [9.17, 15) is 4.79 Å². The van der Waals surface area contributed by atoms with Crippen LogP contribution in [0.15, 0.2) is 16.8 Å². The molecular formula is C17H21ClN4O3. The van der Waals surface area contributed by atoms with Gasteiger partial charge in [-0.3, -0.25) is 4.79 Å². The molecule has 1 N–H and O–H groups in total. The molecule has 2 aromatic rings. The summed E-state index contributed by atoms with van der Waals surface area (Å²) in [6.07, 6.45) is 3.62. The van der Waals surface area contributed by atoms with Crippen LogP contribution in [0.3, 0.4) is 0 Å². The Morgan fingerprint density at radius 1 is 1.48 bits per heavy atom. The number of halogens is 1. The van der Waals surface area contributed by atoms with Crippen molar-refractivity contribution in [3.8, 4) is 5.88 Å². The molecule has 1 saturated carbocycles.